The van der Waals surface area contributed by atoms with E-state index in [1.807, 2.05) is 0 Å². The maximum absolute atomic E-state index is 2.28. The van der Waals surface area contributed by atoms with E-state index in [9.17, 15) is 0 Å². The minimum Gasteiger partial charge on any atom is -0.365 e. The van der Waals surface area contributed by atoms with E-state index < -0.39 is 0 Å². The monoisotopic (exact) mass is 254 g/mol. The molecule has 0 aromatic carbocycles. The Kier molecular flexibility index (Phi) is 7.32. The van der Waals surface area contributed by atoms with Gasteiger partial charge >= 0.3 is 0 Å². The maximum atomic E-state index is 2.28. The van der Waals surface area contributed by atoms with Crippen LogP contribution in [0.4, 0.5) is 0 Å². The van der Waals surface area contributed by atoms with Crippen molar-refractivity contribution >= 4 is 0 Å². The molecule has 0 aliphatic heterocycles. The molecule has 4 nitrogen and oxygen atoms in total. The lowest BCUT2D eigenvalue weighted by molar-refractivity contribution is 0.337. The third-order valence-corrected chi connectivity index (χ3v) is 2.65. The number of unbranched alkanes of at least 4 members (excludes halogenated alkanes) is 1. The summed E-state index contributed by atoms with van der Waals surface area (Å²) in [6, 6.07) is 0. The van der Waals surface area contributed by atoms with Gasteiger partial charge in [-0.05, 0) is 25.0 Å². The fraction of sp³-hybridized carbons (Fsp3) is 0.714. The molecule has 4 heteroatoms. The molecular formula is C14H30N4. The summed E-state index contributed by atoms with van der Waals surface area (Å²) < 4.78 is 0. The number of hydrogen-bond acceptors (Lipinski definition) is 4. The van der Waals surface area contributed by atoms with Gasteiger partial charge in [-0.15, -0.1) is 0 Å². The van der Waals surface area contributed by atoms with Gasteiger partial charge in [0.2, 0.25) is 0 Å². The summed E-state index contributed by atoms with van der Waals surface area (Å²) in [6.45, 7) is 0. The summed E-state index contributed by atoms with van der Waals surface area (Å²) >= 11 is 0. The predicted octanol–water partition coefficient (Wildman–Crippen LogP) is 1.70. The normalized spacial score (nSPS) is 9.56. The predicted molar refractivity (Wildman–Crippen MR) is 80.1 cm³/mol. The van der Waals surface area contributed by atoms with Crippen molar-refractivity contribution in [3.63, 3.8) is 0 Å². The van der Waals surface area contributed by atoms with Crippen LogP contribution in [0.25, 0.3) is 0 Å². The van der Waals surface area contributed by atoms with E-state index in [1.54, 1.807) is 0 Å². The fourth-order valence-corrected chi connectivity index (χ4v) is 1.96. The van der Waals surface area contributed by atoms with Crippen molar-refractivity contribution in [2.24, 2.45) is 0 Å². The molecule has 0 bridgehead atoms. The first-order chi connectivity index (χ1) is 8.27. The Morgan fingerprint density at radius 1 is 0.556 bits per heavy atom. The third-order valence-electron chi connectivity index (χ3n) is 2.65. The van der Waals surface area contributed by atoms with Crippen LogP contribution in [0.2, 0.25) is 0 Å². The van der Waals surface area contributed by atoms with Crippen LogP contribution in [0.1, 0.15) is 12.8 Å². The Labute approximate surface area is 113 Å². The lowest BCUT2D eigenvalue weighted by Crippen LogP contribution is -2.25. The van der Waals surface area contributed by atoms with E-state index in [0.29, 0.717) is 0 Å². The molecule has 0 radical (unpaired) electrons. The molecule has 0 fully saturated rings. The zero-order chi connectivity index (χ0) is 14.3. The van der Waals surface area contributed by atoms with Crippen molar-refractivity contribution in [1.82, 2.24) is 19.6 Å². The largest absolute Gasteiger partial charge is 0.365 e. The molecule has 0 saturated carbocycles. The van der Waals surface area contributed by atoms with Gasteiger partial charge in [-0.2, -0.15) is 0 Å². The van der Waals surface area contributed by atoms with Gasteiger partial charge in [-0.3, -0.25) is 0 Å². The van der Waals surface area contributed by atoms with Crippen molar-refractivity contribution in [3.05, 3.63) is 23.8 Å². The highest BCUT2D eigenvalue weighted by atomic mass is 15.3. The zero-order valence-electron chi connectivity index (χ0n) is 13.4. The summed E-state index contributed by atoms with van der Waals surface area (Å²) in [4.78, 5) is 8.57. The van der Waals surface area contributed by atoms with E-state index in [4.69, 9.17) is 0 Å². The van der Waals surface area contributed by atoms with Gasteiger partial charge in [-0.25, -0.2) is 0 Å². The molecule has 0 aromatic rings. The molecule has 0 aliphatic carbocycles. The quantitative estimate of drug-likeness (QED) is 0.641. The van der Waals surface area contributed by atoms with Gasteiger partial charge in [0.1, 0.15) is 0 Å². The molecule has 0 rings (SSSR count). The topological polar surface area (TPSA) is 13.0 Å². The molecule has 0 unspecified atom stereocenters. The van der Waals surface area contributed by atoms with Crippen LogP contribution in [-0.4, -0.2) is 76.0 Å². The average Bonchev–Trinajstić information content (AvgIpc) is 2.20. The first-order valence-corrected chi connectivity index (χ1v) is 6.37. The van der Waals surface area contributed by atoms with E-state index in [2.05, 4.69) is 88.1 Å². The van der Waals surface area contributed by atoms with E-state index in [0.717, 1.165) is 12.8 Å². The lowest BCUT2D eigenvalue weighted by atomic mass is 10.2. The summed E-state index contributed by atoms with van der Waals surface area (Å²) in [5, 5.41) is 0. The summed E-state index contributed by atoms with van der Waals surface area (Å²) in [6.07, 6.45) is 6.66. The van der Waals surface area contributed by atoms with Gasteiger partial charge in [-0.1, -0.05) is 0 Å². The van der Waals surface area contributed by atoms with Crippen LogP contribution in [-0.2, 0) is 0 Å². The second kappa shape index (κ2) is 7.90. The average molecular weight is 254 g/mol. The second-order valence-electron chi connectivity index (χ2n) is 5.28. The number of allylic oxidation sites excluding steroid dienone is 2. The van der Waals surface area contributed by atoms with Crippen molar-refractivity contribution < 1.29 is 0 Å². The number of rotatable bonds is 7. The molecule has 0 saturated heterocycles. The Hall–Kier alpha value is -1.32. The van der Waals surface area contributed by atoms with Crippen molar-refractivity contribution in [1.29, 1.82) is 0 Å². The van der Waals surface area contributed by atoms with E-state index >= 15 is 0 Å². The molecule has 18 heavy (non-hydrogen) atoms. The summed E-state index contributed by atoms with van der Waals surface area (Å²) in [5.41, 5.74) is 0. The minimum absolute atomic E-state index is 1.05. The fourth-order valence-electron chi connectivity index (χ4n) is 1.96. The molecule has 0 aromatic heterocycles. The summed E-state index contributed by atoms with van der Waals surface area (Å²) in [5.74, 6) is 2.50. The van der Waals surface area contributed by atoms with Gasteiger partial charge in [0.05, 0.1) is 11.6 Å². The molecule has 106 valence electrons. The Morgan fingerprint density at radius 2 is 0.778 bits per heavy atom. The van der Waals surface area contributed by atoms with E-state index in [1.165, 1.54) is 11.6 Å². The Balaban J connectivity index is 4.49. The molecule has 0 spiro atoms. The molecule has 0 atom stereocenters. The van der Waals surface area contributed by atoms with Gasteiger partial charge in [0.25, 0.3) is 0 Å². The van der Waals surface area contributed by atoms with Gasteiger partial charge in [0, 0.05) is 56.4 Å². The minimum atomic E-state index is 1.05. The first kappa shape index (κ1) is 16.7. The van der Waals surface area contributed by atoms with Crippen LogP contribution in [0, 0.1) is 0 Å². The van der Waals surface area contributed by atoms with Crippen LogP contribution < -0.4 is 0 Å². The number of nitrogens with zero attached hydrogens (tertiary/aromatic N) is 4. The highest BCUT2D eigenvalue weighted by molar-refractivity contribution is 5.01. The van der Waals surface area contributed by atoms with Gasteiger partial charge in [0.15, 0.2) is 0 Å². The van der Waals surface area contributed by atoms with Crippen molar-refractivity contribution in [2.75, 3.05) is 56.4 Å². The van der Waals surface area contributed by atoms with Crippen molar-refractivity contribution in [2.45, 2.75) is 12.8 Å². The smallest absolute Gasteiger partial charge is 0.0987 e. The Bertz CT molecular complexity index is 238. The van der Waals surface area contributed by atoms with E-state index in [-0.39, 0.29) is 0 Å². The van der Waals surface area contributed by atoms with Crippen molar-refractivity contribution in [3.8, 4) is 0 Å². The van der Waals surface area contributed by atoms with Crippen LogP contribution in [0.3, 0.4) is 0 Å². The molecule has 0 N–H and O–H groups in total. The third kappa shape index (κ3) is 5.84. The molecule has 0 heterocycles. The number of hydrogen-bond donors (Lipinski definition) is 0. The highest BCUT2D eigenvalue weighted by Crippen LogP contribution is 2.08. The molecule has 0 aliphatic rings. The second-order valence-corrected chi connectivity index (χ2v) is 5.28. The van der Waals surface area contributed by atoms with Crippen LogP contribution in [0.15, 0.2) is 23.8 Å². The maximum Gasteiger partial charge on any atom is 0.0987 e. The SMILES string of the molecule is CN(C)C(=CCCC=C(N(C)C)N(C)C)N(C)C. The Morgan fingerprint density at radius 3 is 0.944 bits per heavy atom. The summed E-state index contributed by atoms with van der Waals surface area (Å²) in [7, 11) is 16.6. The zero-order valence-corrected chi connectivity index (χ0v) is 13.4. The van der Waals surface area contributed by atoms with Gasteiger partial charge < -0.3 is 19.6 Å². The van der Waals surface area contributed by atoms with Crippen LogP contribution >= 0.6 is 0 Å². The molecular weight excluding hydrogens is 224 g/mol. The lowest BCUT2D eigenvalue weighted by Gasteiger charge is -2.25. The highest BCUT2D eigenvalue weighted by Gasteiger charge is 2.02. The first-order valence-electron chi connectivity index (χ1n) is 6.37. The standard InChI is InChI=1S/C14H30N4/c1-15(2)13(16(3)4)11-9-10-12-14(17(5)6)18(7)8/h11-12H,9-10H2,1-8H3. The molecule has 0 amide bonds. The van der Waals surface area contributed by atoms with Crippen LogP contribution in [0.5, 0.6) is 0 Å².